The van der Waals surface area contributed by atoms with E-state index in [1.165, 1.54) is 6.92 Å². The van der Waals surface area contributed by atoms with E-state index < -0.39 is 21.7 Å². The molecule has 0 saturated carbocycles. The van der Waals surface area contributed by atoms with Crippen LogP contribution >= 0.6 is 0 Å². The summed E-state index contributed by atoms with van der Waals surface area (Å²) in [5.74, 6) is 0. The van der Waals surface area contributed by atoms with Crippen molar-refractivity contribution in [3.05, 3.63) is 0 Å². The van der Waals surface area contributed by atoms with Gasteiger partial charge in [0, 0.05) is 6.61 Å². The zero-order valence-electron chi connectivity index (χ0n) is 7.67. The second-order valence-corrected chi connectivity index (χ2v) is 4.03. The fourth-order valence-electron chi connectivity index (χ4n) is 0.582. The SMILES string of the molecule is CCOCC(C)OS(=O)(=O)C(F)(F)F. The fourth-order valence-corrected chi connectivity index (χ4v) is 1.18. The summed E-state index contributed by atoms with van der Waals surface area (Å²) in [7, 11) is -5.51. The van der Waals surface area contributed by atoms with E-state index in [4.69, 9.17) is 4.74 Å². The van der Waals surface area contributed by atoms with E-state index in [2.05, 4.69) is 4.18 Å². The quantitative estimate of drug-likeness (QED) is 0.533. The predicted octanol–water partition coefficient (Wildman–Crippen LogP) is 1.28. The minimum absolute atomic E-state index is 0.203. The highest BCUT2D eigenvalue weighted by Gasteiger charge is 2.48. The highest BCUT2D eigenvalue weighted by Crippen LogP contribution is 2.25. The van der Waals surface area contributed by atoms with Gasteiger partial charge in [-0.3, -0.25) is 4.18 Å². The van der Waals surface area contributed by atoms with Crippen LogP contribution in [0.1, 0.15) is 13.8 Å². The Bertz CT molecular complexity index is 259. The number of hydrogen-bond donors (Lipinski definition) is 0. The lowest BCUT2D eigenvalue weighted by molar-refractivity contribution is -0.0595. The first-order chi connectivity index (χ1) is 6.20. The molecule has 0 spiro atoms. The molecule has 14 heavy (non-hydrogen) atoms. The molecule has 0 aromatic rings. The smallest absolute Gasteiger partial charge is 0.379 e. The van der Waals surface area contributed by atoms with E-state index in [1.807, 2.05) is 0 Å². The van der Waals surface area contributed by atoms with Gasteiger partial charge < -0.3 is 4.74 Å². The van der Waals surface area contributed by atoms with E-state index >= 15 is 0 Å². The maximum Gasteiger partial charge on any atom is 0.523 e. The third-order valence-corrected chi connectivity index (χ3v) is 2.28. The molecule has 0 fully saturated rings. The predicted molar refractivity (Wildman–Crippen MR) is 42.0 cm³/mol. The minimum Gasteiger partial charge on any atom is -0.379 e. The largest absolute Gasteiger partial charge is 0.523 e. The van der Waals surface area contributed by atoms with Crippen LogP contribution in [0.25, 0.3) is 0 Å². The van der Waals surface area contributed by atoms with E-state index in [9.17, 15) is 21.6 Å². The van der Waals surface area contributed by atoms with Crippen molar-refractivity contribution in [2.24, 2.45) is 0 Å². The van der Waals surface area contributed by atoms with Gasteiger partial charge >= 0.3 is 15.6 Å². The van der Waals surface area contributed by atoms with Crippen LogP contribution < -0.4 is 0 Å². The average molecular weight is 236 g/mol. The molecule has 0 aliphatic carbocycles. The summed E-state index contributed by atoms with van der Waals surface area (Å²) in [6.45, 7) is 2.88. The highest BCUT2D eigenvalue weighted by atomic mass is 32.2. The molecule has 0 N–H and O–H groups in total. The zero-order chi connectivity index (χ0) is 11.4. The van der Waals surface area contributed by atoms with E-state index in [0.29, 0.717) is 0 Å². The van der Waals surface area contributed by atoms with Crippen molar-refractivity contribution in [3.63, 3.8) is 0 Å². The van der Waals surface area contributed by atoms with Crippen LogP contribution in [0, 0.1) is 0 Å². The van der Waals surface area contributed by atoms with Gasteiger partial charge in [0.2, 0.25) is 0 Å². The Morgan fingerprint density at radius 1 is 1.36 bits per heavy atom. The number of ether oxygens (including phenoxy) is 1. The molecule has 0 bridgehead atoms. The molecule has 0 rings (SSSR count). The van der Waals surface area contributed by atoms with Crippen molar-refractivity contribution >= 4 is 10.1 Å². The van der Waals surface area contributed by atoms with Crippen LogP contribution in [0.2, 0.25) is 0 Å². The summed E-state index contributed by atoms with van der Waals surface area (Å²) in [5.41, 5.74) is -5.38. The summed E-state index contributed by atoms with van der Waals surface area (Å²) < 4.78 is 64.7. The first kappa shape index (κ1) is 13.7. The summed E-state index contributed by atoms with van der Waals surface area (Å²) in [6.07, 6.45) is -1.15. The molecule has 0 aliphatic heterocycles. The van der Waals surface area contributed by atoms with Crippen LogP contribution in [-0.4, -0.2) is 33.2 Å². The second-order valence-electron chi connectivity index (χ2n) is 2.47. The molecule has 0 aliphatic rings. The lowest BCUT2D eigenvalue weighted by Crippen LogP contribution is -2.30. The molecule has 0 amide bonds. The van der Waals surface area contributed by atoms with Gasteiger partial charge in [0.15, 0.2) is 0 Å². The van der Waals surface area contributed by atoms with Gasteiger partial charge in [0.25, 0.3) is 0 Å². The van der Waals surface area contributed by atoms with Gasteiger partial charge in [0.1, 0.15) is 0 Å². The maximum absolute atomic E-state index is 11.8. The number of alkyl halides is 3. The lowest BCUT2D eigenvalue weighted by atomic mass is 10.4. The molecule has 0 heterocycles. The first-order valence-electron chi connectivity index (χ1n) is 3.78. The Morgan fingerprint density at radius 3 is 2.21 bits per heavy atom. The van der Waals surface area contributed by atoms with Crippen molar-refractivity contribution in [2.75, 3.05) is 13.2 Å². The van der Waals surface area contributed by atoms with Gasteiger partial charge in [-0.05, 0) is 13.8 Å². The summed E-state index contributed by atoms with van der Waals surface area (Å²) in [5, 5.41) is 0. The van der Waals surface area contributed by atoms with Gasteiger partial charge in [0.05, 0.1) is 12.7 Å². The summed E-state index contributed by atoms with van der Waals surface area (Å²) in [4.78, 5) is 0. The van der Waals surface area contributed by atoms with Gasteiger partial charge in [-0.1, -0.05) is 0 Å². The molecule has 0 aromatic carbocycles. The van der Waals surface area contributed by atoms with E-state index in [1.54, 1.807) is 6.92 Å². The third kappa shape index (κ3) is 4.25. The molecule has 0 radical (unpaired) electrons. The van der Waals surface area contributed by atoms with Gasteiger partial charge in [-0.25, -0.2) is 0 Å². The molecule has 86 valence electrons. The van der Waals surface area contributed by atoms with Crippen LogP contribution in [-0.2, 0) is 19.0 Å². The average Bonchev–Trinajstić information content (AvgIpc) is 1.97. The molecule has 8 heteroatoms. The monoisotopic (exact) mass is 236 g/mol. The molecular formula is C6H11F3O4S. The normalized spacial score (nSPS) is 15.5. The van der Waals surface area contributed by atoms with Crippen LogP contribution in [0.4, 0.5) is 13.2 Å². The van der Waals surface area contributed by atoms with Gasteiger partial charge in [-0.15, -0.1) is 0 Å². The number of halogens is 3. The molecule has 0 aromatic heterocycles. The highest BCUT2D eigenvalue weighted by molar-refractivity contribution is 7.87. The number of hydrogen-bond acceptors (Lipinski definition) is 4. The van der Waals surface area contributed by atoms with E-state index in [0.717, 1.165) is 0 Å². The van der Waals surface area contributed by atoms with Crippen LogP contribution in [0.3, 0.4) is 0 Å². The molecule has 0 saturated heterocycles. The lowest BCUT2D eigenvalue weighted by Gasteiger charge is -2.13. The van der Waals surface area contributed by atoms with Crippen molar-refractivity contribution < 1.29 is 30.5 Å². The number of rotatable bonds is 5. The van der Waals surface area contributed by atoms with Crippen LogP contribution in [0.15, 0.2) is 0 Å². The Morgan fingerprint density at radius 2 is 1.86 bits per heavy atom. The first-order valence-corrected chi connectivity index (χ1v) is 5.19. The topological polar surface area (TPSA) is 52.6 Å². The molecule has 1 unspecified atom stereocenters. The minimum atomic E-state index is -5.51. The van der Waals surface area contributed by atoms with Crippen LogP contribution in [0.5, 0.6) is 0 Å². The Balaban J connectivity index is 4.24. The second kappa shape index (κ2) is 4.94. The Hall–Kier alpha value is -0.340. The maximum atomic E-state index is 11.8. The van der Waals surface area contributed by atoms with Crippen molar-refractivity contribution in [1.82, 2.24) is 0 Å². The zero-order valence-corrected chi connectivity index (χ0v) is 8.48. The Labute approximate surface area is 80.1 Å². The van der Waals surface area contributed by atoms with Gasteiger partial charge in [-0.2, -0.15) is 21.6 Å². The molecule has 4 nitrogen and oxygen atoms in total. The van der Waals surface area contributed by atoms with Crippen molar-refractivity contribution in [1.29, 1.82) is 0 Å². The fraction of sp³-hybridized carbons (Fsp3) is 1.00. The standard InChI is InChI=1S/C6H11F3O4S/c1-3-12-4-5(2)13-14(10,11)6(7,8)9/h5H,3-4H2,1-2H3. The van der Waals surface area contributed by atoms with Crippen molar-refractivity contribution in [3.8, 4) is 0 Å². The molecular weight excluding hydrogens is 225 g/mol. The summed E-state index contributed by atoms with van der Waals surface area (Å²) >= 11 is 0. The Kier molecular flexibility index (Phi) is 4.82. The molecule has 1 atom stereocenters. The third-order valence-electron chi connectivity index (χ3n) is 1.13. The van der Waals surface area contributed by atoms with E-state index in [-0.39, 0.29) is 13.2 Å². The summed E-state index contributed by atoms with van der Waals surface area (Å²) in [6, 6.07) is 0. The van der Waals surface area contributed by atoms with Crippen molar-refractivity contribution in [2.45, 2.75) is 25.5 Å².